The second kappa shape index (κ2) is 4.40. The molecule has 0 spiro atoms. The van der Waals surface area contributed by atoms with Crippen LogP contribution in [0.15, 0.2) is 18.2 Å². The van der Waals surface area contributed by atoms with Crippen LogP contribution >= 0.6 is 0 Å². The average molecular weight is 258 g/mol. The van der Waals surface area contributed by atoms with Crippen molar-refractivity contribution in [1.29, 1.82) is 0 Å². The number of anilines is 1. The van der Waals surface area contributed by atoms with E-state index in [2.05, 4.69) is 15.4 Å². The van der Waals surface area contributed by atoms with Gasteiger partial charge in [-0.15, -0.1) is 0 Å². The Morgan fingerprint density at radius 3 is 2.58 bits per heavy atom. The fourth-order valence-corrected chi connectivity index (χ4v) is 2.09. The lowest BCUT2D eigenvalue weighted by atomic mass is 10.0. The number of nitrogens with two attached hydrogens (primary N) is 1. The zero-order valence-electron chi connectivity index (χ0n) is 10.7. The van der Waals surface area contributed by atoms with Crippen molar-refractivity contribution in [3.05, 3.63) is 29.5 Å². The predicted molar refractivity (Wildman–Crippen MR) is 70.9 cm³/mol. The molecule has 3 rings (SSSR count). The van der Waals surface area contributed by atoms with Gasteiger partial charge in [-0.05, 0) is 37.6 Å². The van der Waals surface area contributed by atoms with Gasteiger partial charge in [0.05, 0.1) is 5.69 Å². The Hall–Kier alpha value is -2.34. The van der Waals surface area contributed by atoms with Crippen LogP contribution in [0.25, 0.3) is 11.3 Å². The number of aromatic nitrogens is 2. The van der Waals surface area contributed by atoms with Gasteiger partial charge in [-0.1, -0.05) is 0 Å². The van der Waals surface area contributed by atoms with Crippen molar-refractivity contribution in [3.63, 3.8) is 0 Å². The number of fused-ring (bicyclic) bond motifs is 1. The first-order chi connectivity index (χ1) is 9.17. The molecule has 0 aliphatic carbocycles. The Bertz CT molecular complexity index is 643. The molecule has 98 valence electrons. The first-order valence-electron chi connectivity index (χ1n) is 5.90. The second-order valence-electron chi connectivity index (χ2n) is 4.38. The van der Waals surface area contributed by atoms with Gasteiger partial charge in [0.15, 0.2) is 11.5 Å². The number of benzene rings is 1. The summed E-state index contributed by atoms with van der Waals surface area (Å²) in [6.45, 7) is 4.16. The maximum Gasteiger partial charge on any atom is 0.237 e. The molecule has 6 heteroatoms. The highest BCUT2D eigenvalue weighted by molar-refractivity contribution is 5.69. The van der Waals surface area contributed by atoms with Gasteiger partial charge >= 0.3 is 0 Å². The standard InChI is InChI=1S/C13H14N4O2/c1-7-3-11-12(19-6-18-11)5-9(7)10-4-8(2)15-13(16-10)17-14/h3-5H,6,14H2,1-2H3,(H,15,16,17). The van der Waals surface area contributed by atoms with Crippen LogP contribution in [0.2, 0.25) is 0 Å². The van der Waals surface area contributed by atoms with Crippen LogP contribution in [0.4, 0.5) is 5.95 Å². The summed E-state index contributed by atoms with van der Waals surface area (Å²) >= 11 is 0. The molecule has 1 aromatic carbocycles. The number of nitrogens with zero attached hydrogens (tertiary/aromatic N) is 2. The van der Waals surface area contributed by atoms with Crippen LogP contribution in [0, 0.1) is 13.8 Å². The third-order valence-electron chi connectivity index (χ3n) is 2.98. The summed E-state index contributed by atoms with van der Waals surface area (Å²) in [5.74, 6) is 7.27. The molecule has 0 saturated heterocycles. The molecule has 0 unspecified atom stereocenters. The van der Waals surface area contributed by atoms with E-state index < -0.39 is 0 Å². The third kappa shape index (κ3) is 2.06. The summed E-state index contributed by atoms with van der Waals surface area (Å²) < 4.78 is 10.7. The number of aryl methyl sites for hydroxylation is 2. The highest BCUT2D eigenvalue weighted by Gasteiger charge is 2.17. The number of nitrogens with one attached hydrogen (secondary N) is 1. The van der Waals surface area contributed by atoms with Crippen molar-refractivity contribution in [3.8, 4) is 22.8 Å². The number of hydrazine groups is 1. The molecule has 19 heavy (non-hydrogen) atoms. The zero-order chi connectivity index (χ0) is 13.4. The summed E-state index contributed by atoms with van der Waals surface area (Å²) in [6, 6.07) is 5.79. The van der Waals surface area contributed by atoms with Gasteiger partial charge in [0.1, 0.15) is 0 Å². The molecule has 1 aromatic heterocycles. The highest BCUT2D eigenvalue weighted by atomic mass is 16.7. The molecule has 2 aromatic rings. The van der Waals surface area contributed by atoms with Gasteiger partial charge in [-0.25, -0.2) is 15.8 Å². The maximum atomic E-state index is 5.40. The fraction of sp³-hybridized carbons (Fsp3) is 0.231. The molecule has 0 amide bonds. The molecular weight excluding hydrogens is 244 g/mol. The minimum atomic E-state index is 0.261. The molecule has 0 atom stereocenters. The zero-order valence-corrected chi connectivity index (χ0v) is 10.7. The number of ether oxygens (including phenoxy) is 2. The lowest BCUT2D eigenvalue weighted by Crippen LogP contribution is -2.11. The topological polar surface area (TPSA) is 82.3 Å². The Balaban J connectivity index is 2.14. The summed E-state index contributed by atoms with van der Waals surface area (Å²) in [5.41, 5.74) is 6.15. The summed E-state index contributed by atoms with van der Waals surface area (Å²) in [7, 11) is 0. The first-order valence-corrected chi connectivity index (χ1v) is 5.90. The Kier molecular flexibility index (Phi) is 2.72. The quantitative estimate of drug-likeness (QED) is 0.631. The molecule has 0 radical (unpaired) electrons. The second-order valence-corrected chi connectivity index (χ2v) is 4.38. The molecule has 1 aliphatic rings. The van der Waals surface area contributed by atoms with Gasteiger partial charge in [-0.3, -0.25) is 5.43 Å². The Morgan fingerprint density at radius 1 is 1.11 bits per heavy atom. The molecule has 1 aliphatic heterocycles. The lowest BCUT2D eigenvalue weighted by Gasteiger charge is -2.09. The van der Waals surface area contributed by atoms with Crippen molar-refractivity contribution in [2.45, 2.75) is 13.8 Å². The molecular formula is C13H14N4O2. The van der Waals surface area contributed by atoms with Crippen LogP contribution in [0.1, 0.15) is 11.3 Å². The molecule has 0 fully saturated rings. The molecule has 3 N–H and O–H groups in total. The SMILES string of the molecule is Cc1cc(-c2cc3c(cc2C)OCO3)nc(NN)n1. The molecule has 6 nitrogen and oxygen atoms in total. The molecule has 2 heterocycles. The maximum absolute atomic E-state index is 5.40. The van der Waals surface area contributed by atoms with Crippen molar-refractivity contribution in [2.24, 2.45) is 5.84 Å². The van der Waals surface area contributed by atoms with Crippen LogP contribution in [0.5, 0.6) is 11.5 Å². The van der Waals surface area contributed by atoms with E-state index in [1.807, 2.05) is 32.0 Å². The summed E-state index contributed by atoms with van der Waals surface area (Å²) in [4.78, 5) is 8.54. The van der Waals surface area contributed by atoms with Crippen LogP contribution in [-0.4, -0.2) is 16.8 Å². The molecule has 0 bridgehead atoms. The minimum absolute atomic E-state index is 0.261. The van der Waals surface area contributed by atoms with E-state index in [0.29, 0.717) is 5.95 Å². The summed E-state index contributed by atoms with van der Waals surface area (Å²) in [6.07, 6.45) is 0. The first kappa shape index (κ1) is 11.7. The smallest absolute Gasteiger partial charge is 0.237 e. The normalized spacial score (nSPS) is 12.6. The van der Waals surface area contributed by atoms with Crippen LogP contribution in [0.3, 0.4) is 0 Å². The third-order valence-corrected chi connectivity index (χ3v) is 2.98. The van der Waals surface area contributed by atoms with Gasteiger partial charge in [0, 0.05) is 11.3 Å². The van der Waals surface area contributed by atoms with Crippen LogP contribution in [-0.2, 0) is 0 Å². The number of hydrogen-bond acceptors (Lipinski definition) is 6. The van der Waals surface area contributed by atoms with E-state index in [0.717, 1.165) is 34.0 Å². The Morgan fingerprint density at radius 2 is 1.84 bits per heavy atom. The van der Waals surface area contributed by atoms with Gasteiger partial charge in [0.2, 0.25) is 12.7 Å². The van der Waals surface area contributed by atoms with Gasteiger partial charge < -0.3 is 9.47 Å². The predicted octanol–water partition coefficient (Wildman–Crippen LogP) is 1.77. The van der Waals surface area contributed by atoms with Gasteiger partial charge in [-0.2, -0.15) is 0 Å². The van der Waals surface area contributed by atoms with E-state index in [1.165, 1.54) is 0 Å². The van der Waals surface area contributed by atoms with Crippen molar-refractivity contribution < 1.29 is 9.47 Å². The monoisotopic (exact) mass is 258 g/mol. The summed E-state index contributed by atoms with van der Waals surface area (Å²) in [5, 5.41) is 0. The van der Waals surface area contributed by atoms with Crippen LogP contribution < -0.4 is 20.7 Å². The number of nitrogen functional groups attached to an aromatic ring is 1. The van der Waals surface area contributed by atoms with E-state index in [1.54, 1.807) is 0 Å². The number of hydrogen-bond donors (Lipinski definition) is 2. The van der Waals surface area contributed by atoms with E-state index in [9.17, 15) is 0 Å². The van der Waals surface area contributed by atoms with E-state index >= 15 is 0 Å². The fourth-order valence-electron chi connectivity index (χ4n) is 2.09. The van der Waals surface area contributed by atoms with Crippen molar-refractivity contribution in [1.82, 2.24) is 9.97 Å². The largest absolute Gasteiger partial charge is 0.454 e. The van der Waals surface area contributed by atoms with E-state index in [4.69, 9.17) is 15.3 Å². The van der Waals surface area contributed by atoms with Gasteiger partial charge in [0.25, 0.3) is 0 Å². The molecule has 0 saturated carbocycles. The van der Waals surface area contributed by atoms with E-state index in [-0.39, 0.29) is 6.79 Å². The average Bonchev–Trinajstić information content (AvgIpc) is 2.84. The Labute approximate surface area is 110 Å². The van der Waals surface area contributed by atoms with Crippen molar-refractivity contribution in [2.75, 3.05) is 12.2 Å². The lowest BCUT2D eigenvalue weighted by molar-refractivity contribution is 0.174. The minimum Gasteiger partial charge on any atom is -0.454 e. The number of rotatable bonds is 2. The van der Waals surface area contributed by atoms with Crippen molar-refractivity contribution >= 4 is 5.95 Å². The highest BCUT2D eigenvalue weighted by Crippen LogP contribution is 2.38.